The Labute approximate surface area is 118 Å². The first-order valence-corrected chi connectivity index (χ1v) is 7.87. The van der Waals surface area contributed by atoms with Gasteiger partial charge in [-0.05, 0) is 17.7 Å². The molecular formula is C13H19NO5S. The molecule has 112 valence electrons. The van der Waals surface area contributed by atoms with E-state index in [1.54, 1.807) is 18.2 Å². The molecule has 20 heavy (non-hydrogen) atoms. The number of esters is 1. The summed E-state index contributed by atoms with van der Waals surface area (Å²) < 4.78 is 33.4. The Morgan fingerprint density at radius 1 is 1.30 bits per heavy atom. The van der Waals surface area contributed by atoms with Gasteiger partial charge in [-0.1, -0.05) is 6.07 Å². The second-order valence-corrected chi connectivity index (χ2v) is 6.45. The highest BCUT2D eigenvalue weighted by Crippen LogP contribution is 2.20. The molecular weight excluding hydrogens is 282 g/mol. The number of hydrogen-bond donors (Lipinski definition) is 1. The van der Waals surface area contributed by atoms with Crippen molar-refractivity contribution in [3.63, 3.8) is 0 Å². The molecule has 1 aromatic rings. The smallest absolute Gasteiger partial charge is 0.306 e. The maximum Gasteiger partial charge on any atom is 0.306 e. The van der Waals surface area contributed by atoms with Crippen molar-refractivity contribution in [1.82, 2.24) is 0 Å². The first-order valence-electron chi connectivity index (χ1n) is 6.05. The topological polar surface area (TPSA) is 95.7 Å². The standard InChI is InChI=1S/C13H19NO5S/c1-18-12-4-3-10(7-11(12)8-14)9-20(16,17)6-5-13(15)19-2/h3-4,7H,5-6,8-9,14H2,1-2H3. The fourth-order valence-electron chi connectivity index (χ4n) is 1.75. The molecule has 0 heterocycles. The Bertz CT molecular complexity index is 568. The highest BCUT2D eigenvalue weighted by Gasteiger charge is 2.15. The Morgan fingerprint density at radius 2 is 2.00 bits per heavy atom. The van der Waals surface area contributed by atoms with Crippen LogP contribution in [0.4, 0.5) is 0 Å². The first-order chi connectivity index (χ1) is 9.41. The summed E-state index contributed by atoms with van der Waals surface area (Å²) in [6, 6.07) is 5.07. The maximum atomic E-state index is 11.9. The number of benzene rings is 1. The van der Waals surface area contributed by atoms with Crippen molar-refractivity contribution < 1.29 is 22.7 Å². The van der Waals surface area contributed by atoms with Crippen LogP contribution in [0, 0.1) is 0 Å². The molecule has 6 nitrogen and oxygen atoms in total. The molecule has 0 amide bonds. The van der Waals surface area contributed by atoms with Crippen molar-refractivity contribution >= 4 is 15.8 Å². The fourth-order valence-corrected chi connectivity index (χ4v) is 3.06. The lowest BCUT2D eigenvalue weighted by Gasteiger charge is -2.09. The summed E-state index contributed by atoms with van der Waals surface area (Å²) >= 11 is 0. The molecule has 0 bridgehead atoms. The van der Waals surface area contributed by atoms with Crippen LogP contribution in [0.5, 0.6) is 5.75 Å². The van der Waals surface area contributed by atoms with Gasteiger partial charge in [-0.2, -0.15) is 0 Å². The van der Waals surface area contributed by atoms with Gasteiger partial charge in [-0.25, -0.2) is 8.42 Å². The van der Waals surface area contributed by atoms with Crippen LogP contribution >= 0.6 is 0 Å². The van der Waals surface area contributed by atoms with Gasteiger partial charge in [-0.15, -0.1) is 0 Å². The van der Waals surface area contributed by atoms with E-state index in [-0.39, 0.29) is 24.5 Å². The molecule has 0 aliphatic carbocycles. The average molecular weight is 301 g/mol. The van der Waals surface area contributed by atoms with Crippen molar-refractivity contribution in [3.05, 3.63) is 29.3 Å². The molecule has 0 saturated heterocycles. The Morgan fingerprint density at radius 3 is 2.55 bits per heavy atom. The van der Waals surface area contributed by atoms with Crippen molar-refractivity contribution in [3.8, 4) is 5.75 Å². The van der Waals surface area contributed by atoms with Gasteiger partial charge < -0.3 is 15.2 Å². The molecule has 1 rings (SSSR count). The van der Waals surface area contributed by atoms with Crippen LogP contribution in [0.3, 0.4) is 0 Å². The zero-order valence-electron chi connectivity index (χ0n) is 11.6. The minimum atomic E-state index is -3.37. The fraction of sp³-hybridized carbons (Fsp3) is 0.462. The van der Waals surface area contributed by atoms with Crippen molar-refractivity contribution in [2.75, 3.05) is 20.0 Å². The van der Waals surface area contributed by atoms with E-state index in [4.69, 9.17) is 10.5 Å². The van der Waals surface area contributed by atoms with E-state index in [9.17, 15) is 13.2 Å². The van der Waals surface area contributed by atoms with E-state index in [0.717, 1.165) is 5.56 Å². The largest absolute Gasteiger partial charge is 0.496 e. The molecule has 0 aromatic heterocycles. The number of nitrogens with two attached hydrogens (primary N) is 1. The molecule has 0 aliphatic heterocycles. The molecule has 0 saturated carbocycles. The normalized spacial score (nSPS) is 11.2. The van der Waals surface area contributed by atoms with E-state index < -0.39 is 15.8 Å². The van der Waals surface area contributed by atoms with E-state index in [0.29, 0.717) is 11.3 Å². The molecule has 7 heteroatoms. The van der Waals surface area contributed by atoms with Crippen LogP contribution in [-0.4, -0.2) is 34.4 Å². The van der Waals surface area contributed by atoms with Crippen molar-refractivity contribution in [2.45, 2.75) is 18.7 Å². The second kappa shape index (κ2) is 7.25. The molecule has 0 atom stereocenters. The summed E-state index contributed by atoms with van der Waals surface area (Å²) in [5, 5.41) is 0. The van der Waals surface area contributed by atoms with Crippen LogP contribution in [-0.2, 0) is 31.7 Å². The SMILES string of the molecule is COC(=O)CCS(=O)(=O)Cc1ccc(OC)c(CN)c1. The number of carbonyl (C=O) groups excluding carboxylic acids is 1. The zero-order valence-corrected chi connectivity index (χ0v) is 12.4. The monoisotopic (exact) mass is 301 g/mol. The minimum absolute atomic E-state index is 0.138. The van der Waals surface area contributed by atoms with E-state index in [2.05, 4.69) is 4.74 Å². The lowest BCUT2D eigenvalue weighted by molar-refractivity contribution is -0.140. The predicted molar refractivity (Wildman–Crippen MR) is 75.0 cm³/mol. The van der Waals surface area contributed by atoms with E-state index in [1.165, 1.54) is 14.2 Å². The van der Waals surface area contributed by atoms with Crippen molar-refractivity contribution in [2.24, 2.45) is 5.73 Å². The summed E-state index contributed by atoms with van der Waals surface area (Å²) in [7, 11) is -0.610. The van der Waals surface area contributed by atoms with Crippen LogP contribution < -0.4 is 10.5 Å². The number of carbonyl (C=O) groups is 1. The van der Waals surface area contributed by atoms with Gasteiger partial charge in [0.1, 0.15) is 5.75 Å². The van der Waals surface area contributed by atoms with Gasteiger partial charge in [0.2, 0.25) is 0 Å². The van der Waals surface area contributed by atoms with Crippen LogP contribution in [0.15, 0.2) is 18.2 Å². The minimum Gasteiger partial charge on any atom is -0.496 e. The van der Waals surface area contributed by atoms with Crippen LogP contribution in [0.25, 0.3) is 0 Å². The maximum absolute atomic E-state index is 11.9. The number of methoxy groups -OCH3 is 2. The third kappa shape index (κ3) is 4.82. The van der Waals surface area contributed by atoms with Gasteiger partial charge in [-0.3, -0.25) is 4.79 Å². The van der Waals surface area contributed by atoms with Crippen LogP contribution in [0.1, 0.15) is 17.5 Å². The summed E-state index contributed by atoms with van der Waals surface area (Å²) in [6.45, 7) is 0.263. The van der Waals surface area contributed by atoms with Gasteiger partial charge in [0.15, 0.2) is 9.84 Å². The van der Waals surface area contributed by atoms with Gasteiger partial charge in [0, 0.05) is 12.1 Å². The molecule has 0 unspecified atom stereocenters. The average Bonchev–Trinajstić information content (AvgIpc) is 2.44. The third-order valence-electron chi connectivity index (χ3n) is 2.80. The Hall–Kier alpha value is -1.60. The van der Waals surface area contributed by atoms with Gasteiger partial charge in [0.05, 0.1) is 32.1 Å². The predicted octanol–water partition coefficient (Wildman–Crippen LogP) is 0.632. The molecule has 2 N–H and O–H groups in total. The first kappa shape index (κ1) is 16.5. The summed E-state index contributed by atoms with van der Waals surface area (Å²) in [6.07, 6.45) is -0.140. The van der Waals surface area contributed by atoms with E-state index >= 15 is 0 Å². The summed E-state index contributed by atoms with van der Waals surface area (Å²) in [5.74, 6) is -0.279. The summed E-state index contributed by atoms with van der Waals surface area (Å²) in [4.78, 5) is 11.0. The number of sulfone groups is 1. The zero-order chi connectivity index (χ0) is 15.2. The number of hydrogen-bond acceptors (Lipinski definition) is 6. The molecule has 1 aromatic carbocycles. The van der Waals surface area contributed by atoms with Crippen LogP contribution in [0.2, 0.25) is 0 Å². The van der Waals surface area contributed by atoms with E-state index in [1.807, 2.05) is 0 Å². The lowest BCUT2D eigenvalue weighted by Crippen LogP contribution is -2.14. The van der Waals surface area contributed by atoms with Crippen molar-refractivity contribution in [1.29, 1.82) is 0 Å². The Kier molecular flexibility index (Phi) is 5.97. The molecule has 0 aliphatic rings. The Balaban J connectivity index is 2.79. The third-order valence-corrected chi connectivity index (χ3v) is 4.40. The lowest BCUT2D eigenvalue weighted by atomic mass is 10.1. The highest BCUT2D eigenvalue weighted by molar-refractivity contribution is 7.90. The second-order valence-electron chi connectivity index (χ2n) is 4.27. The number of ether oxygens (including phenoxy) is 2. The quantitative estimate of drug-likeness (QED) is 0.742. The summed E-state index contributed by atoms with van der Waals surface area (Å²) in [5.41, 5.74) is 6.95. The van der Waals surface area contributed by atoms with Gasteiger partial charge in [0.25, 0.3) is 0 Å². The molecule has 0 fully saturated rings. The highest BCUT2D eigenvalue weighted by atomic mass is 32.2. The molecule has 0 radical (unpaired) electrons. The molecule has 0 spiro atoms. The van der Waals surface area contributed by atoms with Gasteiger partial charge >= 0.3 is 5.97 Å². The number of rotatable bonds is 7.